The molecule has 2 saturated heterocycles. The number of likely N-dealkylation sites (tertiary alicyclic amines) is 1. The fourth-order valence-electron chi connectivity index (χ4n) is 4.69. The average Bonchev–Trinajstić information content (AvgIpc) is 3.10. The Labute approximate surface area is 195 Å². The number of carbonyl (C=O) groups is 3. The molecule has 3 aliphatic rings. The van der Waals surface area contributed by atoms with Gasteiger partial charge in [0.2, 0.25) is 11.8 Å². The molecule has 4 rings (SSSR count). The first kappa shape index (κ1) is 24.3. The molecule has 0 N–H and O–H groups in total. The molecular formula is C24H32ClN3O4. The second kappa shape index (κ2) is 10.5. The molecule has 2 atom stereocenters. The summed E-state index contributed by atoms with van der Waals surface area (Å²) in [6, 6.07) is 8.11. The van der Waals surface area contributed by atoms with Gasteiger partial charge in [-0.2, -0.15) is 0 Å². The van der Waals surface area contributed by atoms with Crippen LogP contribution in [-0.4, -0.2) is 72.8 Å². The van der Waals surface area contributed by atoms with E-state index >= 15 is 0 Å². The Balaban J connectivity index is 0.00000289. The number of imide groups is 1. The van der Waals surface area contributed by atoms with Crippen LogP contribution in [0.1, 0.15) is 26.7 Å². The van der Waals surface area contributed by atoms with Gasteiger partial charge in [0.1, 0.15) is 5.75 Å². The van der Waals surface area contributed by atoms with E-state index in [0.29, 0.717) is 19.4 Å². The van der Waals surface area contributed by atoms with Gasteiger partial charge in [-0.3, -0.25) is 24.2 Å². The Morgan fingerprint density at radius 2 is 1.81 bits per heavy atom. The van der Waals surface area contributed by atoms with Gasteiger partial charge < -0.3 is 9.64 Å². The van der Waals surface area contributed by atoms with Crippen molar-refractivity contribution in [1.29, 1.82) is 0 Å². The van der Waals surface area contributed by atoms with Crippen LogP contribution in [0.2, 0.25) is 0 Å². The standard InChI is InChI=1S/C24H31N3O4.ClH/c1-17(2)31-22-9-4-3-7-20(22)26-14-12-25(13-15-26)11-10-23(29)27-16-19-18(24(27)30)6-5-8-21(19)28;/h3-5,7-9,17-19H,6,10-16H2,1-2H3;1H. The minimum Gasteiger partial charge on any atom is -0.489 e. The molecule has 0 radical (unpaired) electrons. The molecule has 2 fully saturated rings. The van der Waals surface area contributed by atoms with Crippen LogP contribution in [0, 0.1) is 11.8 Å². The zero-order valence-corrected chi connectivity index (χ0v) is 19.6. The van der Waals surface area contributed by atoms with Gasteiger partial charge in [-0.05, 0) is 38.5 Å². The monoisotopic (exact) mass is 461 g/mol. The molecule has 7 nitrogen and oxygen atoms in total. The van der Waals surface area contributed by atoms with Crippen LogP contribution in [0.5, 0.6) is 5.75 Å². The average molecular weight is 462 g/mol. The SMILES string of the molecule is CC(C)Oc1ccccc1N1CCN(CCC(=O)N2CC3C(=O)C=CCC3C2=O)CC1.Cl. The number of fused-ring (bicyclic) bond motifs is 1. The lowest BCUT2D eigenvalue weighted by Gasteiger charge is -2.37. The van der Waals surface area contributed by atoms with Crippen molar-refractivity contribution in [2.24, 2.45) is 11.8 Å². The van der Waals surface area contributed by atoms with E-state index in [1.165, 1.54) is 4.90 Å². The highest BCUT2D eigenvalue weighted by Gasteiger charge is 2.46. The predicted molar refractivity (Wildman–Crippen MR) is 125 cm³/mol. The molecule has 0 aromatic heterocycles. The summed E-state index contributed by atoms with van der Waals surface area (Å²) in [5, 5.41) is 0. The van der Waals surface area contributed by atoms with Crippen molar-refractivity contribution in [2.75, 3.05) is 44.2 Å². The zero-order valence-electron chi connectivity index (χ0n) is 18.7. The first-order valence-corrected chi connectivity index (χ1v) is 11.2. The molecule has 8 heteroatoms. The number of amides is 2. The first-order valence-electron chi connectivity index (χ1n) is 11.2. The van der Waals surface area contributed by atoms with Crippen molar-refractivity contribution in [3.63, 3.8) is 0 Å². The van der Waals surface area contributed by atoms with Gasteiger partial charge >= 0.3 is 0 Å². The lowest BCUT2D eigenvalue weighted by atomic mass is 9.85. The summed E-state index contributed by atoms with van der Waals surface area (Å²) in [5.74, 6) is -0.169. The highest BCUT2D eigenvalue weighted by Crippen LogP contribution is 2.33. The summed E-state index contributed by atoms with van der Waals surface area (Å²) in [5.41, 5.74) is 1.11. The number of piperazine rings is 1. The zero-order chi connectivity index (χ0) is 22.0. The Bertz CT molecular complexity index is 880. The van der Waals surface area contributed by atoms with Crippen LogP contribution in [0.15, 0.2) is 36.4 Å². The van der Waals surface area contributed by atoms with Crippen molar-refractivity contribution < 1.29 is 19.1 Å². The number of rotatable bonds is 6. The number of benzene rings is 1. The molecule has 2 unspecified atom stereocenters. The second-order valence-electron chi connectivity index (χ2n) is 8.81. The molecule has 1 aromatic rings. The maximum Gasteiger partial charge on any atom is 0.233 e. The third-order valence-electron chi connectivity index (χ3n) is 6.37. The molecule has 1 aliphatic carbocycles. The first-order chi connectivity index (χ1) is 14.9. The van der Waals surface area contributed by atoms with Crippen LogP contribution in [0.4, 0.5) is 5.69 Å². The Hall–Kier alpha value is -2.38. The van der Waals surface area contributed by atoms with E-state index in [4.69, 9.17) is 4.74 Å². The molecule has 0 bridgehead atoms. The van der Waals surface area contributed by atoms with Crippen molar-refractivity contribution in [2.45, 2.75) is 32.8 Å². The third kappa shape index (κ3) is 5.15. The molecule has 0 spiro atoms. The number of hydrogen-bond donors (Lipinski definition) is 0. The van der Waals surface area contributed by atoms with Gasteiger partial charge in [-0.15, -0.1) is 12.4 Å². The quantitative estimate of drug-likeness (QED) is 0.648. The van der Waals surface area contributed by atoms with Gasteiger partial charge in [0.05, 0.1) is 23.6 Å². The van der Waals surface area contributed by atoms with E-state index in [1.54, 1.807) is 12.2 Å². The molecule has 2 heterocycles. The summed E-state index contributed by atoms with van der Waals surface area (Å²) >= 11 is 0. The molecule has 32 heavy (non-hydrogen) atoms. The van der Waals surface area contributed by atoms with Crippen LogP contribution >= 0.6 is 12.4 Å². The van der Waals surface area contributed by atoms with Crippen molar-refractivity contribution in [3.05, 3.63) is 36.4 Å². The Morgan fingerprint density at radius 3 is 2.50 bits per heavy atom. The maximum atomic E-state index is 12.7. The summed E-state index contributed by atoms with van der Waals surface area (Å²) in [6.07, 6.45) is 4.28. The lowest BCUT2D eigenvalue weighted by Crippen LogP contribution is -2.47. The smallest absolute Gasteiger partial charge is 0.233 e. The van der Waals surface area contributed by atoms with E-state index in [2.05, 4.69) is 15.9 Å². The van der Waals surface area contributed by atoms with Crippen LogP contribution < -0.4 is 9.64 Å². The van der Waals surface area contributed by atoms with E-state index in [9.17, 15) is 14.4 Å². The third-order valence-corrected chi connectivity index (χ3v) is 6.37. The topological polar surface area (TPSA) is 70.2 Å². The Kier molecular flexibility index (Phi) is 7.96. The molecule has 1 aromatic carbocycles. The highest BCUT2D eigenvalue weighted by atomic mass is 35.5. The van der Waals surface area contributed by atoms with Gasteiger partial charge in [-0.1, -0.05) is 18.2 Å². The largest absolute Gasteiger partial charge is 0.489 e. The summed E-state index contributed by atoms with van der Waals surface area (Å²) < 4.78 is 5.95. The maximum absolute atomic E-state index is 12.7. The highest BCUT2D eigenvalue weighted by molar-refractivity contribution is 6.05. The summed E-state index contributed by atoms with van der Waals surface area (Å²) in [4.78, 5) is 43.2. The number of ether oxygens (including phenoxy) is 1. The van der Waals surface area contributed by atoms with Crippen LogP contribution in [0.3, 0.4) is 0 Å². The number of para-hydroxylation sites is 2. The van der Waals surface area contributed by atoms with E-state index in [0.717, 1.165) is 37.6 Å². The normalized spacial score (nSPS) is 23.3. The second-order valence-corrected chi connectivity index (χ2v) is 8.81. The number of ketones is 1. The lowest BCUT2D eigenvalue weighted by molar-refractivity contribution is -0.143. The summed E-state index contributed by atoms with van der Waals surface area (Å²) in [7, 11) is 0. The molecule has 2 amide bonds. The Morgan fingerprint density at radius 1 is 1.09 bits per heavy atom. The molecule has 2 aliphatic heterocycles. The minimum atomic E-state index is -0.349. The van der Waals surface area contributed by atoms with E-state index in [1.807, 2.05) is 32.0 Å². The van der Waals surface area contributed by atoms with Crippen molar-refractivity contribution in [3.8, 4) is 5.75 Å². The fraction of sp³-hybridized carbons (Fsp3) is 0.542. The van der Waals surface area contributed by atoms with E-state index < -0.39 is 0 Å². The predicted octanol–water partition coefficient (Wildman–Crippen LogP) is 2.54. The number of allylic oxidation sites excluding steroid dienone is 2. The van der Waals surface area contributed by atoms with Crippen LogP contribution in [-0.2, 0) is 14.4 Å². The fourth-order valence-corrected chi connectivity index (χ4v) is 4.69. The number of hydrogen-bond acceptors (Lipinski definition) is 6. The van der Waals surface area contributed by atoms with E-state index in [-0.39, 0.29) is 54.5 Å². The van der Waals surface area contributed by atoms with Crippen molar-refractivity contribution >= 4 is 35.7 Å². The molecule has 0 saturated carbocycles. The van der Waals surface area contributed by atoms with Gasteiger partial charge in [0.25, 0.3) is 0 Å². The van der Waals surface area contributed by atoms with Gasteiger partial charge in [0, 0.05) is 45.7 Å². The number of nitrogens with zero attached hydrogens (tertiary/aromatic N) is 3. The number of carbonyl (C=O) groups excluding carboxylic acids is 3. The minimum absolute atomic E-state index is 0. The number of anilines is 1. The summed E-state index contributed by atoms with van der Waals surface area (Å²) in [6.45, 7) is 8.35. The molecule has 174 valence electrons. The van der Waals surface area contributed by atoms with Gasteiger partial charge in [-0.25, -0.2) is 0 Å². The van der Waals surface area contributed by atoms with Gasteiger partial charge in [0.15, 0.2) is 5.78 Å². The number of halogens is 1. The molecular weight excluding hydrogens is 430 g/mol. The van der Waals surface area contributed by atoms with Crippen LogP contribution in [0.25, 0.3) is 0 Å². The van der Waals surface area contributed by atoms with Crippen molar-refractivity contribution in [1.82, 2.24) is 9.80 Å².